The van der Waals surface area contributed by atoms with E-state index < -0.39 is 0 Å². The van der Waals surface area contributed by atoms with Gasteiger partial charge in [0.25, 0.3) is 0 Å². The van der Waals surface area contributed by atoms with Crippen LogP contribution in [0, 0.1) is 10.8 Å². The highest BCUT2D eigenvalue weighted by atomic mass is 16.3. The smallest absolute Gasteiger partial charge is 0.0436 e. The Labute approximate surface area is 81.5 Å². The molecule has 2 heteroatoms. The molecule has 78 valence electrons. The van der Waals surface area contributed by atoms with Crippen LogP contribution in [0.25, 0.3) is 0 Å². The van der Waals surface area contributed by atoms with Gasteiger partial charge in [0, 0.05) is 6.61 Å². The first-order chi connectivity index (χ1) is 6.04. The van der Waals surface area contributed by atoms with E-state index in [1.54, 1.807) is 0 Å². The lowest BCUT2D eigenvalue weighted by molar-refractivity contribution is 0.0794. The molecule has 13 heavy (non-hydrogen) atoms. The molecule has 0 unspecified atom stereocenters. The molecule has 0 amide bonds. The van der Waals surface area contributed by atoms with Gasteiger partial charge in [-0.25, -0.2) is 0 Å². The maximum Gasteiger partial charge on any atom is 0.0436 e. The fraction of sp³-hybridized carbons (Fsp3) is 1.00. The summed E-state index contributed by atoms with van der Waals surface area (Å²) in [5.74, 6) is 0. The molecule has 0 aromatic rings. The quantitative estimate of drug-likeness (QED) is 0.705. The molecule has 3 N–H and O–H groups in total. The molecule has 2 nitrogen and oxygen atoms in total. The van der Waals surface area contributed by atoms with Gasteiger partial charge in [-0.3, -0.25) is 0 Å². The van der Waals surface area contributed by atoms with Crippen molar-refractivity contribution in [3.05, 3.63) is 0 Å². The molecule has 0 atom stereocenters. The van der Waals surface area contributed by atoms with Crippen molar-refractivity contribution in [3.8, 4) is 0 Å². The van der Waals surface area contributed by atoms with E-state index in [1.165, 1.54) is 25.7 Å². The van der Waals surface area contributed by atoms with Gasteiger partial charge in [0.1, 0.15) is 0 Å². The Morgan fingerprint density at radius 2 is 1.69 bits per heavy atom. The van der Waals surface area contributed by atoms with E-state index >= 15 is 0 Å². The maximum atomic E-state index is 8.99. The molecule has 0 aromatic heterocycles. The minimum Gasteiger partial charge on any atom is -0.396 e. The second-order valence-corrected chi connectivity index (χ2v) is 5.34. The number of aliphatic hydroxyl groups excluding tert-OH is 1. The molecule has 1 saturated carbocycles. The molecular weight excluding hydrogens is 162 g/mol. The van der Waals surface area contributed by atoms with Gasteiger partial charge >= 0.3 is 0 Å². The molecular formula is C11H23NO. The largest absolute Gasteiger partial charge is 0.396 e. The van der Waals surface area contributed by atoms with E-state index in [1.807, 2.05) is 0 Å². The Bertz CT molecular complexity index is 155. The van der Waals surface area contributed by atoms with Crippen LogP contribution in [0.5, 0.6) is 0 Å². The van der Waals surface area contributed by atoms with Gasteiger partial charge in [0.05, 0.1) is 0 Å². The van der Waals surface area contributed by atoms with E-state index in [2.05, 4.69) is 13.8 Å². The Hall–Kier alpha value is -0.0800. The number of nitrogens with two attached hydrogens (primary N) is 1. The number of aliphatic hydroxyl groups is 1. The van der Waals surface area contributed by atoms with Crippen molar-refractivity contribution in [3.63, 3.8) is 0 Å². The minimum absolute atomic E-state index is 0.254. The van der Waals surface area contributed by atoms with Crippen LogP contribution in [0.3, 0.4) is 0 Å². The summed E-state index contributed by atoms with van der Waals surface area (Å²) in [7, 11) is 0. The molecule has 1 rings (SSSR count). The molecule has 0 aliphatic heterocycles. The van der Waals surface area contributed by atoms with Crippen molar-refractivity contribution in [2.75, 3.05) is 13.2 Å². The first-order valence-corrected chi connectivity index (χ1v) is 5.35. The van der Waals surface area contributed by atoms with Gasteiger partial charge in [0.15, 0.2) is 0 Å². The van der Waals surface area contributed by atoms with E-state index in [0.717, 1.165) is 13.0 Å². The molecule has 0 bridgehead atoms. The van der Waals surface area contributed by atoms with Gasteiger partial charge < -0.3 is 10.8 Å². The highest BCUT2D eigenvalue weighted by Gasteiger charge is 2.36. The van der Waals surface area contributed by atoms with Crippen molar-refractivity contribution in [2.24, 2.45) is 16.6 Å². The van der Waals surface area contributed by atoms with Crippen molar-refractivity contribution in [2.45, 2.75) is 46.0 Å². The van der Waals surface area contributed by atoms with Crippen LogP contribution in [-0.4, -0.2) is 18.3 Å². The van der Waals surface area contributed by atoms with Gasteiger partial charge in [-0.1, -0.05) is 13.8 Å². The van der Waals surface area contributed by atoms with Crippen molar-refractivity contribution in [1.29, 1.82) is 0 Å². The lowest BCUT2D eigenvalue weighted by Gasteiger charge is -2.43. The predicted octanol–water partition coefficient (Wildman–Crippen LogP) is 1.91. The fourth-order valence-electron chi connectivity index (χ4n) is 2.25. The predicted molar refractivity (Wildman–Crippen MR) is 55.4 cm³/mol. The van der Waals surface area contributed by atoms with Crippen molar-refractivity contribution < 1.29 is 5.11 Å². The molecule has 0 spiro atoms. The lowest BCUT2D eigenvalue weighted by Crippen LogP contribution is -2.37. The zero-order valence-corrected chi connectivity index (χ0v) is 8.97. The van der Waals surface area contributed by atoms with Crippen LogP contribution >= 0.6 is 0 Å². The Kier molecular flexibility index (Phi) is 3.36. The highest BCUT2D eigenvalue weighted by Crippen LogP contribution is 2.46. The zero-order valence-electron chi connectivity index (χ0n) is 8.97. The maximum absolute atomic E-state index is 8.99. The van der Waals surface area contributed by atoms with E-state index in [0.29, 0.717) is 5.41 Å². The van der Waals surface area contributed by atoms with E-state index in [4.69, 9.17) is 10.8 Å². The van der Waals surface area contributed by atoms with Gasteiger partial charge in [-0.15, -0.1) is 0 Å². The van der Waals surface area contributed by atoms with Crippen LogP contribution in [0.1, 0.15) is 46.0 Å². The summed E-state index contributed by atoms with van der Waals surface area (Å²) in [5.41, 5.74) is 6.55. The average molecular weight is 185 g/mol. The summed E-state index contributed by atoms with van der Waals surface area (Å²) in [5, 5.41) is 8.99. The summed E-state index contributed by atoms with van der Waals surface area (Å²) in [6.07, 6.45) is 5.78. The molecule has 0 radical (unpaired) electrons. The molecule has 0 heterocycles. The van der Waals surface area contributed by atoms with Gasteiger partial charge in [0.2, 0.25) is 0 Å². The molecule has 0 saturated heterocycles. The fourth-order valence-corrected chi connectivity index (χ4v) is 2.25. The average Bonchev–Trinajstić information content (AvgIpc) is 2.10. The SMILES string of the molecule is CC1(C)CCC(CN)(CCO)CC1. The molecule has 1 fully saturated rings. The summed E-state index contributed by atoms with van der Waals surface area (Å²) in [6.45, 7) is 5.68. The standard InChI is InChI=1S/C11H23NO/c1-10(2)3-5-11(9-12,6-4-10)7-8-13/h13H,3-9,12H2,1-2H3. The Morgan fingerprint density at radius 3 is 2.08 bits per heavy atom. The van der Waals surface area contributed by atoms with Crippen molar-refractivity contribution >= 4 is 0 Å². The number of rotatable bonds is 3. The number of hydrogen-bond donors (Lipinski definition) is 2. The monoisotopic (exact) mass is 185 g/mol. The second kappa shape index (κ2) is 3.97. The van der Waals surface area contributed by atoms with Gasteiger partial charge in [-0.05, 0) is 49.5 Å². The first kappa shape index (κ1) is 11.0. The topological polar surface area (TPSA) is 46.2 Å². The Balaban J connectivity index is 2.52. The van der Waals surface area contributed by atoms with Crippen LogP contribution in [0.2, 0.25) is 0 Å². The normalized spacial score (nSPS) is 25.8. The van der Waals surface area contributed by atoms with Crippen LogP contribution in [0.4, 0.5) is 0 Å². The van der Waals surface area contributed by atoms with E-state index in [9.17, 15) is 0 Å². The van der Waals surface area contributed by atoms with Gasteiger partial charge in [-0.2, -0.15) is 0 Å². The zero-order chi connectivity index (χ0) is 9.95. The Morgan fingerprint density at radius 1 is 1.15 bits per heavy atom. The summed E-state index contributed by atoms with van der Waals surface area (Å²) >= 11 is 0. The minimum atomic E-state index is 0.254. The summed E-state index contributed by atoms with van der Waals surface area (Å²) in [4.78, 5) is 0. The second-order valence-electron chi connectivity index (χ2n) is 5.34. The summed E-state index contributed by atoms with van der Waals surface area (Å²) < 4.78 is 0. The van der Waals surface area contributed by atoms with Crippen LogP contribution in [0.15, 0.2) is 0 Å². The molecule has 1 aliphatic carbocycles. The third-order valence-corrected chi connectivity index (χ3v) is 3.74. The summed E-state index contributed by atoms with van der Waals surface area (Å²) in [6, 6.07) is 0. The third-order valence-electron chi connectivity index (χ3n) is 3.74. The van der Waals surface area contributed by atoms with Crippen LogP contribution < -0.4 is 5.73 Å². The van der Waals surface area contributed by atoms with Crippen LogP contribution in [-0.2, 0) is 0 Å². The molecule has 1 aliphatic rings. The third kappa shape index (κ3) is 2.68. The van der Waals surface area contributed by atoms with E-state index in [-0.39, 0.29) is 12.0 Å². The van der Waals surface area contributed by atoms with Crippen molar-refractivity contribution in [1.82, 2.24) is 0 Å². The first-order valence-electron chi connectivity index (χ1n) is 5.35. The molecule has 0 aromatic carbocycles. The lowest BCUT2D eigenvalue weighted by atomic mass is 9.64. The number of hydrogen-bond acceptors (Lipinski definition) is 2. The highest BCUT2D eigenvalue weighted by molar-refractivity contribution is 4.89.